The molecule has 1 saturated heterocycles. The van der Waals surface area contributed by atoms with Gasteiger partial charge in [0.15, 0.2) is 0 Å². The Kier molecular flexibility index (Phi) is 5.34. The summed E-state index contributed by atoms with van der Waals surface area (Å²) in [7, 11) is 3.83. The van der Waals surface area contributed by atoms with Crippen molar-refractivity contribution in [2.24, 2.45) is 0 Å². The minimum absolute atomic E-state index is 0.0715. The number of hydrogen-bond donors (Lipinski definition) is 1. The lowest BCUT2D eigenvalue weighted by Gasteiger charge is -2.35. The Balaban J connectivity index is 1.83. The van der Waals surface area contributed by atoms with Crippen LogP contribution in [0.1, 0.15) is 42.6 Å². The van der Waals surface area contributed by atoms with Gasteiger partial charge < -0.3 is 15.0 Å². The molecule has 0 saturated carbocycles. The topological polar surface area (TPSA) is 54.5 Å². The van der Waals surface area contributed by atoms with Gasteiger partial charge in [0.1, 0.15) is 5.82 Å². The van der Waals surface area contributed by atoms with E-state index in [4.69, 9.17) is 9.72 Å². The minimum atomic E-state index is -0.195. The van der Waals surface area contributed by atoms with Gasteiger partial charge >= 0.3 is 0 Å². The maximum atomic E-state index is 12.9. The van der Waals surface area contributed by atoms with Crippen molar-refractivity contribution in [2.45, 2.75) is 45.3 Å². The summed E-state index contributed by atoms with van der Waals surface area (Å²) in [4.78, 5) is 20.6. The van der Waals surface area contributed by atoms with Crippen LogP contribution in [-0.2, 0) is 4.74 Å². The highest BCUT2D eigenvalue weighted by Crippen LogP contribution is 2.29. The molecule has 1 fully saturated rings. The van der Waals surface area contributed by atoms with Crippen molar-refractivity contribution in [3.8, 4) is 10.6 Å². The van der Waals surface area contributed by atoms with E-state index in [9.17, 15) is 4.79 Å². The Labute approximate surface area is 159 Å². The maximum absolute atomic E-state index is 12.9. The van der Waals surface area contributed by atoms with Crippen molar-refractivity contribution in [1.82, 2.24) is 10.3 Å². The van der Waals surface area contributed by atoms with Gasteiger partial charge in [-0.1, -0.05) is 0 Å². The molecule has 1 unspecified atom stereocenters. The Hall–Kier alpha value is -1.92. The van der Waals surface area contributed by atoms with Gasteiger partial charge in [0, 0.05) is 26.7 Å². The van der Waals surface area contributed by atoms with Crippen LogP contribution in [0.4, 0.5) is 5.82 Å². The van der Waals surface area contributed by atoms with Gasteiger partial charge in [-0.05, 0) is 62.8 Å². The van der Waals surface area contributed by atoms with Crippen LogP contribution in [0.5, 0.6) is 0 Å². The molecular weight excluding hydrogens is 346 g/mol. The Morgan fingerprint density at radius 3 is 2.77 bits per heavy atom. The molecule has 2 aromatic rings. The highest BCUT2D eigenvalue weighted by atomic mass is 32.1. The van der Waals surface area contributed by atoms with Crippen LogP contribution in [0, 0.1) is 6.92 Å². The van der Waals surface area contributed by atoms with Gasteiger partial charge in [-0.25, -0.2) is 4.98 Å². The number of anilines is 1. The molecule has 1 amide bonds. The third kappa shape index (κ3) is 4.24. The molecule has 3 heterocycles. The molecule has 1 atom stereocenters. The zero-order chi connectivity index (χ0) is 18.9. The van der Waals surface area contributed by atoms with Crippen LogP contribution >= 0.6 is 11.3 Å². The summed E-state index contributed by atoms with van der Waals surface area (Å²) in [6.07, 6.45) is 1.66. The third-order valence-electron chi connectivity index (χ3n) is 4.56. The molecule has 0 radical (unpaired) electrons. The fraction of sp³-hybridized carbons (Fsp3) is 0.500. The van der Waals surface area contributed by atoms with Crippen LogP contribution < -0.4 is 10.2 Å². The average molecular weight is 374 g/mol. The predicted octanol–water partition coefficient (Wildman–Crippen LogP) is 3.87. The molecule has 1 aliphatic rings. The van der Waals surface area contributed by atoms with Crippen LogP contribution in [-0.4, -0.2) is 43.2 Å². The van der Waals surface area contributed by atoms with Crippen molar-refractivity contribution in [3.05, 3.63) is 34.7 Å². The number of hydrogen-bond acceptors (Lipinski definition) is 5. The molecule has 1 aliphatic heterocycles. The van der Waals surface area contributed by atoms with Gasteiger partial charge in [-0.15, -0.1) is 11.3 Å². The second kappa shape index (κ2) is 7.37. The molecule has 5 nitrogen and oxygen atoms in total. The zero-order valence-corrected chi connectivity index (χ0v) is 16.9. The Morgan fingerprint density at radius 1 is 1.38 bits per heavy atom. The van der Waals surface area contributed by atoms with E-state index in [1.54, 1.807) is 11.3 Å². The van der Waals surface area contributed by atoms with E-state index in [1.807, 2.05) is 31.1 Å². The highest BCUT2D eigenvalue weighted by Gasteiger charge is 2.30. The Morgan fingerprint density at radius 2 is 2.15 bits per heavy atom. The van der Waals surface area contributed by atoms with E-state index in [1.165, 1.54) is 5.56 Å². The molecule has 3 rings (SSSR count). The summed E-state index contributed by atoms with van der Waals surface area (Å²) in [5, 5.41) is 5.28. The summed E-state index contributed by atoms with van der Waals surface area (Å²) in [6, 6.07) is 6.06. The number of nitrogens with one attached hydrogen (secondary N) is 1. The van der Waals surface area contributed by atoms with Gasteiger partial charge in [0.2, 0.25) is 0 Å². The summed E-state index contributed by atoms with van der Waals surface area (Å²) in [6.45, 7) is 6.88. The minimum Gasteiger partial charge on any atom is -0.375 e. The summed E-state index contributed by atoms with van der Waals surface area (Å²) in [5.74, 6) is 0.621. The molecule has 0 aromatic carbocycles. The van der Waals surface area contributed by atoms with Crippen molar-refractivity contribution >= 4 is 23.1 Å². The smallest absolute Gasteiger partial charge is 0.255 e. The van der Waals surface area contributed by atoms with Crippen LogP contribution in [0.25, 0.3) is 10.6 Å². The lowest BCUT2D eigenvalue weighted by atomic mass is 9.94. The van der Waals surface area contributed by atoms with Crippen LogP contribution in [0.15, 0.2) is 23.6 Å². The normalized spacial score (nSPS) is 19.2. The number of carbonyl (C=O) groups excluding carboxylic acids is 1. The fourth-order valence-electron chi connectivity index (χ4n) is 3.29. The SMILES string of the molecule is Cc1csc(-c2ccc(C(=O)NC3CCOC(C)(C)C3)c(N(C)C)n2)c1. The maximum Gasteiger partial charge on any atom is 0.255 e. The molecule has 2 aromatic heterocycles. The van der Waals surface area contributed by atoms with Crippen LogP contribution in [0.3, 0.4) is 0 Å². The number of amides is 1. The van der Waals surface area contributed by atoms with E-state index >= 15 is 0 Å². The molecule has 0 spiro atoms. The van der Waals surface area contributed by atoms with Crippen molar-refractivity contribution in [1.29, 1.82) is 0 Å². The largest absolute Gasteiger partial charge is 0.375 e. The fourth-order valence-corrected chi connectivity index (χ4v) is 4.16. The lowest BCUT2D eigenvalue weighted by Crippen LogP contribution is -2.46. The number of ether oxygens (including phenoxy) is 1. The predicted molar refractivity (Wildman–Crippen MR) is 107 cm³/mol. The number of pyridine rings is 1. The highest BCUT2D eigenvalue weighted by molar-refractivity contribution is 7.13. The van der Waals surface area contributed by atoms with E-state index in [0.29, 0.717) is 18.0 Å². The molecule has 140 valence electrons. The first-order valence-corrected chi connectivity index (χ1v) is 9.82. The number of aromatic nitrogens is 1. The van der Waals surface area contributed by atoms with Gasteiger partial charge in [-0.2, -0.15) is 0 Å². The molecular formula is C20H27N3O2S. The first-order chi connectivity index (χ1) is 12.2. The van der Waals surface area contributed by atoms with E-state index in [0.717, 1.165) is 23.4 Å². The molecule has 26 heavy (non-hydrogen) atoms. The van der Waals surface area contributed by atoms with Crippen molar-refractivity contribution in [2.75, 3.05) is 25.6 Å². The first kappa shape index (κ1) is 18.9. The van der Waals surface area contributed by atoms with Gasteiger partial charge in [-0.3, -0.25) is 4.79 Å². The van der Waals surface area contributed by atoms with E-state index < -0.39 is 0 Å². The molecule has 1 N–H and O–H groups in total. The number of nitrogens with zero attached hydrogens (tertiary/aromatic N) is 2. The van der Waals surface area contributed by atoms with Gasteiger partial charge in [0.05, 0.1) is 21.7 Å². The number of rotatable bonds is 4. The summed E-state index contributed by atoms with van der Waals surface area (Å²) < 4.78 is 5.74. The Bertz CT molecular complexity index is 798. The summed E-state index contributed by atoms with van der Waals surface area (Å²) >= 11 is 1.67. The van der Waals surface area contributed by atoms with Crippen molar-refractivity contribution < 1.29 is 9.53 Å². The monoisotopic (exact) mass is 373 g/mol. The zero-order valence-electron chi connectivity index (χ0n) is 16.1. The lowest BCUT2D eigenvalue weighted by molar-refractivity contribution is -0.0615. The average Bonchev–Trinajstić information content (AvgIpc) is 2.99. The van der Waals surface area contributed by atoms with Crippen LogP contribution in [0.2, 0.25) is 0 Å². The third-order valence-corrected chi connectivity index (χ3v) is 5.63. The van der Waals surface area contributed by atoms with E-state index in [2.05, 4.69) is 37.5 Å². The summed E-state index contributed by atoms with van der Waals surface area (Å²) in [5.41, 5.74) is 2.54. The number of aryl methyl sites for hydroxylation is 1. The number of thiophene rings is 1. The van der Waals surface area contributed by atoms with Gasteiger partial charge in [0.25, 0.3) is 5.91 Å². The quantitative estimate of drug-likeness (QED) is 0.884. The number of carbonyl (C=O) groups is 1. The second-order valence-electron chi connectivity index (χ2n) is 7.72. The first-order valence-electron chi connectivity index (χ1n) is 8.94. The van der Waals surface area contributed by atoms with Crippen molar-refractivity contribution in [3.63, 3.8) is 0 Å². The standard InChI is InChI=1S/C20H27N3O2S/c1-13-10-17(26-12-13)16-7-6-15(18(22-16)23(4)5)19(24)21-14-8-9-25-20(2,3)11-14/h6-7,10,12,14H,8-9,11H2,1-5H3,(H,21,24). The molecule has 0 aliphatic carbocycles. The molecule has 0 bridgehead atoms. The van der Waals surface area contributed by atoms with E-state index in [-0.39, 0.29) is 17.6 Å². The molecule has 6 heteroatoms. The second-order valence-corrected chi connectivity index (χ2v) is 8.63.